The fraction of sp³-hybridized carbons (Fsp3) is 0.562. The molecule has 0 bridgehead atoms. The van der Waals surface area contributed by atoms with Crippen LogP contribution in [0.25, 0.3) is 0 Å². The van der Waals surface area contributed by atoms with Crippen molar-refractivity contribution in [2.24, 2.45) is 5.92 Å². The smallest absolute Gasteiger partial charge is 0.223 e. The number of ether oxygens (including phenoxy) is 1. The van der Waals surface area contributed by atoms with Gasteiger partial charge < -0.3 is 9.64 Å². The number of likely N-dealkylation sites (tertiary alicyclic amines) is 1. The summed E-state index contributed by atoms with van der Waals surface area (Å²) in [6, 6.07) is 8.30. The standard InChI is InChI=1S/C16H22BrNO2/c1-12-9-10-18(15(12)11-17)16(19)8-5-13-3-6-14(20-2)7-4-13/h3-4,6-7,12,15H,5,8-11H2,1-2H3. The van der Waals surface area contributed by atoms with Gasteiger partial charge in [0.2, 0.25) is 5.91 Å². The van der Waals surface area contributed by atoms with Crippen molar-refractivity contribution in [1.29, 1.82) is 0 Å². The van der Waals surface area contributed by atoms with Crippen LogP contribution in [0.1, 0.15) is 25.3 Å². The quantitative estimate of drug-likeness (QED) is 0.770. The Kier molecular flexibility index (Phi) is 5.46. The number of benzene rings is 1. The van der Waals surface area contributed by atoms with Gasteiger partial charge in [0.15, 0.2) is 0 Å². The molecule has 2 atom stereocenters. The molecule has 0 aliphatic carbocycles. The first-order chi connectivity index (χ1) is 9.65. The van der Waals surface area contributed by atoms with Crippen LogP contribution < -0.4 is 4.74 Å². The van der Waals surface area contributed by atoms with Crippen molar-refractivity contribution in [1.82, 2.24) is 4.90 Å². The first-order valence-electron chi connectivity index (χ1n) is 7.14. The number of aryl methyl sites for hydroxylation is 1. The fourth-order valence-electron chi connectivity index (χ4n) is 2.74. The lowest BCUT2D eigenvalue weighted by molar-refractivity contribution is -0.131. The highest BCUT2D eigenvalue weighted by molar-refractivity contribution is 9.09. The molecule has 0 aromatic heterocycles. The van der Waals surface area contributed by atoms with E-state index < -0.39 is 0 Å². The summed E-state index contributed by atoms with van der Waals surface area (Å²) < 4.78 is 5.14. The van der Waals surface area contributed by atoms with Crippen molar-refractivity contribution in [3.05, 3.63) is 29.8 Å². The predicted octanol–water partition coefficient (Wildman–Crippen LogP) is 3.26. The Morgan fingerprint density at radius 2 is 2.10 bits per heavy atom. The fourth-order valence-corrected chi connectivity index (χ4v) is 3.73. The lowest BCUT2D eigenvalue weighted by Crippen LogP contribution is -2.38. The molecule has 1 heterocycles. The maximum absolute atomic E-state index is 12.3. The number of nitrogens with zero attached hydrogens (tertiary/aromatic N) is 1. The van der Waals surface area contributed by atoms with Crippen molar-refractivity contribution in [2.75, 3.05) is 19.0 Å². The van der Waals surface area contributed by atoms with Crippen LogP contribution in [0.5, 0.6) is 5.75 Å². The largest absolute Gasteiger partial charge is 0.497 e. The highest BCUT2D eigenvalue weighted by atomic mass is 79.9. The number of methoxy groups -OCH3 is 1. The van der Waals surface area contributed by atoms with Crippen molar-refractivity contribution >= 4 is 21.8 Å². The Bertz CT molecular complexity index is 446. The van der Waals surface area contributed by atoms with Gasteiger partial charge in [-0.05, 0) is 36.5 Å². The van der Waals surface area contributed by atoms with Gasteiger partial charge in [-0.2, -0.15) is 0 Å². The highest BCUT2D eigenvalue weighted by Gasteiger charge is 2.32. The van der Waals surface area contributed by atoms with E-state index in [4.69, 9.17) is 4.74 Å². The molecule has 1 aliphatic heterocycles. The number of hydrogen-bond donors (Lipinski definition) is 0. The van der Waals surface area contributed by atoms with E-state index in [1.54, 1.807) is 7.11 Å². The van der Waals surface area contributed by atoms with Crippen LogP contribution >= 0.6 is 15.9 Å². The van der Waals surface area contributed by atoms with Gasteiger partial charge in [-0.15, -0.1) is 0 Å². The third-order valence-corrected chi connectivity index (χ3v) is 4.81. The maximum atomic E-state index is 12.3. The molecule has 110 valence electrons. The van der Waals surface area contributed by atoms with Crippen LogP contribution in [0, 0.1) is 5.92 Å². The molecule has 2 rings (SSSR count). The number of amides is 1. The lowest BCUT2D eigenvalue weighted by atomic mass is 10.0. The number of hydrogen-bond acceptors (Lipinski definition) is 2. The summed E-state index contributed by atoms with van der Waals surface area (Å²) in [6.07, 6.45) is 2.50. The molecule has 3 nitrogen and oxygen atoms in total. The van der Waals surface area contributed by atoms with E-state index in [0.29, 0.717) is 18.4 Å². The van der Waals surface area contributed by atoms with Crippen LogP contribution in [0.4, 0.5) is 0 Å². The van der Waals surface area contributed by atoms with E-state index in [9.17, 15) is 4.79 Å². The van der Waals surface area contributed by atoms with Crippen molar-refractivity contribution in [3.8, 4) is 5.75 Å². The Morgan fingerprint density at radius 3 is 2.70 bits per heavy atom. The second kappa shape index (κ2) is 7.11. The Balaban J connectivity index is 1.88. The van der Waals surface area contributed by atoms with Crippen LogP contribution in [0.15, 0.2) is 24.3 Å². The van der Waals surface area contributed by atoms with Gasteiger partial charge in [-0.25, -0.2) is 0 Å². The van der Waals surface area contributed by atoms with Gasteiger partial charge in [0.1, 0.15) is 5.75 Å². The number of rotatable bonds is 5. The molecule has 1 aromatic rings. The zero-order valence-electron chi connectivity index (χ0n) is 12.1. The highest BCUT2D eigenvalue weighted by Crippen LogP contribution is 2.26. The average molecular weight is 340 g/mol. The summed E-state index contributed by atoms with van der Waals surface area (Å²) in [4.78, 5) is 14.4. The van der Waals surface area contributed by atoms with Gasteiger partial charge in [-0.1, -0.05) is 35.0 Å². The molecule has 0 N–H and O–H groups in total. The summed E-state index contributed by atoms with van der Waals surface area (Å²) >= 11 is 3.53. The first-order valence-corrected chi connectivity index (χ1v) is 8.26. The molecular weight excluding hydrogens is 318 g/mol. The molecule has 2 unspecified atom stereocenters. The molecule has 4 heteroatoms. The summed E-state index contributed by atoms with van der Waals surface area (Å²) in [6.45, 7) is 3.13. The van der Waals surface area contributed by atoms with E-state index >= 15 is 0 Å². The Hall–Kier alpha value is -1.03. The zero-order chi connectivity index (χ0) is 14.5. The predicted molar refractivity (Wildman–Crippen MR) is 84.4 cm³/mol. The Labute approximate surface area is 129 Å². The molecule has 1 saturated heterocycles. The van der Waals surface area contributed by atoms with Crippen molar-refractivity contribution in [2.45, 2.75) is 32.2 Å². The van der Waals surface area contributed by atoms with Crippen molar-refractivity contribution < 1.29 is 9.53 Å². The summed E-state index contributed by atoms with van der Waals surface area (Å²) in [5, 5.41) is 0.877. The second-order valence-corrected chi connectivity index (χ2v) is 6.07. The van der Waals surface area contributed by atoms with Gasteiger partial charge in [0.25, 0.3) is 0 Å². The number of halogens is 1. The third-order valence-electron chi connectivity index (χ3n) is 4.15. The van der Waals surface area contributed by atoms with Gasteiger partial charge >= 0.3 is 0 Å². The van der Waals surface area contributed by atoms with E-state index in [1.165, 1.54) is 5.56 Å². The number of carbonyl (C=O) groups is 1. The molecule has 1 amide bonds. The van der Waals surface area contributed by atoms with Gasteiger partial charge in [-0.3, -0.25) is 4.79 Å². The van der Waals surface area contributed by atoms with E-state index in [2.05, 4.69) is 22.9 Å². The molecule has 0 spiro atoms. The maximum Gasteiger partial charge on any atom is 0.223 e. The average Bonchev–Trinajstić information content (AvgIpc) is 2.86. The normalized spacial score (nSPS) is 22.1. The second-order valence-electron chi connectivity index (χ2n) is 5.42. The molecule has 0 saturated carbocycles. The summed E-state index contributed by atoms with van der Waals surface area (Å²) in [5.74, 6) is 1.72. The van der Waals surface area contributed by atoms with E-state index in [0.717, 1.165) is 30.5 Å². The first kappa shape index (κ1) is 15.4. The monoisotopic (exact) mass is 339 g/mol. The van der Waals surface area contributed by atoms with Gasteiger partial charge in [0, 0.05) is 24.3 Å². The van der Waals surface area contributed by atoms with Gasteiger partial charge in [0.05, 0.1) is 7.11 Å². The van der Waals surface area contributed by atoms with Crippen LogP contribution in [-0.2, 0) is 11.2 Å². The number of carbonyl (C=O) groups excluding carboxylic acids is 1. The minimum atomic E-state index is 0.273. The molecule has 1 fully saturated rings. The van der Waals surface area contributed by atoms with Crippen LogP contribution in [-0.4, -0.2) is 35.8 Å². The summed E-state index contributed by atoms with van der Waals surface area (Å²) in [5.41, 5.74) is 1.18. The molecule has 20 heavy (non-hydrogen) atoms. The molecule has 1 aliphatic rings. The minimum Gasteiger partial charge on any atom is -0.497 e. The molecule has 0 radical (unpaired) electrons. The molecular formula is C16H22BrNO2. The number of alkyl halides is 1. The Morgan fingerprint density at radius 1 is 1.40 bits per heavy atom. The molecule has 1 aromatic carbocycles. The third kappa shape index (κ3) is 3.54. The van der Waals surface area contributed by atoms with E-state index in [-0.39, 0.29) is 5.91 Å². The topological polar surface area (TPSA) is 29.5 Å². The SMILES string of the molecule is COc1ccc(CCC(=O)N2CCC(C)C2CBr)cc1. The van der Waals surface area contributed by atoms with E-state index in [1.807, 2.05) is 29.2 Å². The van der Waals surface area contributed by atoms with Crippen LogP contribution in [0.3, 0.4) is 0 Å². The summed E-state index contributed by atoms with van der Waals surface area (Å²) in [7, 11) is 1.66. The lowest BCUT2D eigenvalue weighted by Gasteiger charge is -2.25. The minimum absolute atomic E-state index is 0.273. The van der Waals surface area contributed by atoms with Crippen molar-refractivity contribution in [3.63, 3.8) is 0 Å². The zero-order valence-corrected chi connectivity index (χ0v) is 13.7. The van der Waals surface area contributed by atoms with Crippen LogP contribution in [0.2, 0.25) is 0 Å².